The normalized spacial score (nSPS) is 10.3. The van der Waals surface area contributed by atoms with Crippen LogP contribution in [0.2, 0.25) is 0 Å². The molecule has 1 aromatic carbocycles. The smallest absolute Gasteiger partial charge is 0.127 e. The summed E-state index contributed by atoms with van der Waals surface area (Å²) in [6.07, 6.45) is 0.875. The lowest BCUT2D eigenvalue weighted by atomic mass is 10.2. The van der Waals surface area contributed by atoms with E-state index in [9.17, 15) is 4.39 Å². The lowest BCUT2D eigenvalue weighted by Crippen LogP contribution is -2.12. The molecule has 0 spiro atoms. The van der Waals surface area contributed by atoms with Crippen LogP contribution in [0.1, 0.15) is 25.8 Å². The van der Waals surface area contributed by atoms with E-state index in [2.05, 4.69) is 11.9 Å². The topological polar surface area (TPSA) is 21.3 Å². The summed E-state index contributed by atoms with van der Waals surface area (Å²) in [5.74, 6) is 0.296. The van der Waals surface area contributed by atoms with Crippen molar-refractivity contribution in [2.45, 2.75) is 26.8 Å². The molecule has 0 fully saturated rings. The standard InChI is InChI=1S/C14H20FNO/c1-4-11(3)10-17-14-7-12(9-16-5-2)6-13(15)8-14/h6-8,16H,3-5,9-10H2,1-2H3. The molecule has 0 radical (unpaired) electrons. The van der Waals surface area contributed by atoms with E-state index in [0.29, 0.717) is 18.9 Å². The van der Waals surface area contributed by atoms with Gasteiger partial charge in [0.25, 0.3) is 0 Å². The Morgan fingerprint density at radius 2 is 2.12 bits per heavy atom. The molecule has 1 N–H and O–H groups in total. The Balaban J connectivity index is 2.65. The number of rotatable bonds is 7. The molecule has 0 aliphatic heterocycles. The van der Waals surface area contributed by atoms with Crippen LogP contribution in [0.5, 0.6) is 5.75 Å². The van der Waals surface area contributed by atoms with Gasteiger partial charge in [0.1, 0.15) is 18.2 Å². The summed E-state index contributed by atoms with van der Waals surface area (Å²) < 4.78 is 18.8. The number of benzene rings is 1. The Morgan fingerprint density at radius 3 is 2.76 bits per heavy atom. The third kappa shape index (κ3) is 5.00. The largest absolute Gasteiger partial charge is 0.489 e. The van der Waals surface area contributed by atoms with Crippen LogP contribution in [0.3, 0.4) is 0 Å². The fraction of sp³-hybridized carbons (Fsp3) is 0.429. The predicted octanol–water partition coefficient (Wildman–Crippen LogP) is 3.28. The van der Waals surface area contributed by atoms with Crippen LogP contribution in [-0.2, 0) is 6.54 Å². The first-order valence-electron chi connectivity index (χ1n) is 5.95. The van der Waals surface area contributed by atoms with Crippen LogP contribution in [0.4, 0.5) is 4.39 Å². The van der Waals surface area contributed by atoms with E-state index in [0.717, 1.165) is 24.1 Å². The molecule has 0 heterocycles. The van der Waals surface area contributed by atoms with Crippen LogP contribution in [0, 0.1) is 5.82 Å². The Labute approximate surface area is 102 Å². The summed E-state index contributed by atoms with van der Waals surface area (Å²) in [4.78, 5) is 0. The summed E-state index contributed by atoms with van der Waals surface area (Å²) >= 11 is 0. The molecule has 0 aliphatic carbocycles. The minimum Gasteiger partial charge on any atom is -0.489 e. The van der Waals surface area contributed by atoms with Gasteiger partial charge in [0, 0.05) is 12.6 Å². The van der Waals surface area contributed by atoms with Crippen molar-refractivity contribution in [3.63, 3.8) is 0 Å². The highest BCUT2D eigenvalue weighted by Gasteiger charge is 2.02. The second-order valence-electron chi connectivity index (χ2n) is 3.97. The lowest BCUT2D eigenvalue weighted by Gasteiger charge is -2.09. The molecule has 0 aliphatic rings. The highest BCUT2D eigenvalue weighted by Crippen LogP contribution is 2.17. The summed E-state index contributed by atoms with van der Waals surface area (Å²) in [7, 11) is 0. The molecular formula is C14H20FNO. The molecule has 0 saturated heterocycles. The first-order chi connectivity index (χ1) is 8.15. The van der Waals surface area contributed by atoms with Gasteiger partial charge in [0.2, 0.25) is 0 Å². The van der Waals surface area contributed by atoms with Gasteiger partial charge in [-0.15, -0.1) is 0 Å². The number of nitrogens with one attached hydrogen (secondary N) is 1. The van der Waals surface area contributed by atoms with Gasteiger partial charge in [0.05, 0.1) is 0 Å². The van der Waals surface area contributed by atoms with Gasteiger partial charge in [-0.2, -0.15) is 0 Å². The van der Waals surface area contributed by atoms with E-state index in [1.54, 1.807) is 0 Å². The van der Waals surface area contributed by atoms with Crippen molar-refractivity contribution in [1.29, 1.82) is 0 Å². The van der Waals surface area contributed by atoms with Crippen molar-refractivity contribution in [3.8, 4) is 5.75 Å². The first kappa shape index (κ1) is 13.7. The fourth-order valence-electron chi connectivity index (χ4n) is 1.36. The maximum Gasteiger partial charge on any atom is 0.127 e. The zero-order valence-electron chi connectivity index (χ0n) is 10.6. The van der Waals surface area contributed by atoms with E-state index < -0.39 is 0 Å². The molecule has 0 atom stereocenters. The van der Waals surface area contributed by atoms with Gasteiger partial charge < -0.3 is 10.1 Å². The van der Waals surface area contributed by atoms with Gasteiger partial charge >= 0.3 is 0 Å². The molecule has 17 heavy (non-hydrogen) atoms. The van der Waals surface area contributed by atoms with Gasteiger partial charge in [-0.3, -0.25) is 0 Å². The number of halogens is 1. The Morgan fingerprint density at radius 1 is 1.35 bits per heavy atom. The molecule has 1 aromatic rings. The van der Waals surface area contributed by atoms with Crippen molar-refractivity contribution in [2.75, 3.05) is 13.2 Å². The summed E-state index contributed by atoms with van der Waals surface area (Å²) in [6.45, 7) is 9.85. The van der Waals surface area contributed by atoms with Gasteiger partial charge in [0.15, 0.2) is 0 Å². The maximum absolute atomic E-state index is 13.3. The third-order valence-electron chi connectivity index (χ3n) is 2.45. The van der Waals surface area contributed by atoms with Crippen LogP contribution < -0.4 is 10.1 Å². The number of hydrogen-bond acceptors (Lipinski definition) is 2. The van der Waals surface area contributed by atoms with Gasteiger partial charge in [-0.25, -0.2) is 4.39 Å². The number of ether oxygens (including phenoxy) is 1. The second-order valence-corrected chi connectivity index (χ2v) is 3.97. The van der Waals surface area contributed by atoms with Crippen molar-refractivity contribution in [3.05, 3.63) is 41.7 Å². The molecule has 3 heteroatoms. The highest BCUT2D eigenvalue weighted by atomic mass is 19.1. The van der Waals surface area contributed by atoms with E-state index in [-0.39, 0.29) is 5.82 Å². The predicted molar refractivity (Wildman–Crippen MR) is 68.7 cm³/mol. The molecule has 0 saturated carbocycles. The zero-order valence-corrected chi connectivity index (χ0v) is 10.6. The highest BCUT2D eigenvalue weighted by molar-refractivity contribution is 5.30. The van der Waals surface area contributed by atoms with E-state index in [1.807, 2.05) is 19.9 Å². The van der Waals surface area contributed by atoms with Crippen LogP contribution in [-0.4, -0.2) is 13.2 Å². The Bertz CT molecular complexity index is 376. The average Bonchev–Trinajstić information content (AvgIpc) is 2.32. The van der Waals surface area contributed by atoms with E-state index in [1.165, 1.54) is 12.1 Å². The molecule has 0 amide bonds. The van der Waals surface area contributed by atoms with E-state index in [4.69, 9.17) is 4.74 Å². The summed E-state index contributed by atoms with van der Waals surface area (Å²) in [6, 6.07) is 4.78. The zero-order chi connectivity index (χ0) is 12.7. The van der Waals surface area contributed by atoms with E-state index >= 15 is 0 Å². The van der Waals surface area contributed by atoms with Crippen LogP contribution >= 0.6 is 0 Å². The molecule has 0 bridgehead atoms. The average molecular weight is 237 g/mol. The third-order valence-corrected chi connectivity index (χ3v) is 2.45. The van der Waals surface area contributed by atoms with Crippen LogP contribution in [0.25, 0.3) is 0 Å². The maximum atomic E-state index is 13.3. The molecule has 0 unspecified atom stereocenters. The van der Waals surface area contributed by atoms with Gasteiger partial charge in [-0.05, 0) is 36.2 Å². The minimum atomic E-state index is -0.266. The molecule has 0 aromatic heterocycles. The lowest BCUT2D eigenvalue weighted by molar-refractivity contribution is 0.346. The van der Waals surface area contributed by atoms with Crippen LogP contribution in [0.15, 0.2) is 30.4 Å². The quantitative estimate of drug-likeness (QED) is 0.735. The molecule has 1 rings (SSSR count). The minimum absolute atomic E-state index is 0.266. The van der Waals surface area contributed by atoms with Crippen molar-refractivity contribution < 1.29 is 9.13 Å². The number of hydrogen-bond donors (Lipinski definition) is 1. The monoisotopic (exact) mass is 237 g/mol. The second kappa shape index (κ2) is 7.07. The molecular weight excluding hydrogens is 217 g/mol. The van der Waals surface area contributed by atoms with Crippen molar-refractivity contribution >= 4 is 0 Å². The fourth-order valence-corrected chi connectivity index (χ4v) is 1.36. The van der Waals surface area contributed by atoms with Gasteiger partial charge in [-0.1, -0.05) is 20.4 Å². The van der Waals surface area contributed by atoms with Crippen molar-refractivity contribution in [1.82, 2.24) is 5.32 Å². The summed E-state index contributed by atoms with van der Waals surface area (Å²) in [5, 5.41) is 3.16. The van der Waals surface area contributed by atoms with Crippen molar-refractivity contribution in [2.24, 2.45) is 0 Å². The molecule has 94 valence electrons. The molecule has 2 nitrogen and oxygen atoms in total. The SMILES string of the molecule is C=C(CC)COc1cc(F)cc(CNCC)c1. The first-order valence-corrected chi connectivity index (χ1v) is 5.95. The Kier molecular flexibility index (Phi) is 5.70. The Hall–Kier alpha value is -1.35. The summed E-state index contributed by atoms with van der Waals surface area (Å²) in [5.41, 5.74) is 1.89.